The van der Waals surface area contributed by atoms with Crippen molar-refractivity contribution in [3.05, 3.63) is 106 Å². The number of benzene rings is 3. The summed E-state index contributed by atoms with van der Waals surface area (Å²) in [6.07, 6.45) is 1.76. The van der Waals surface area contributed by atoms with Gasteiger partial charge < -0.3 is 4.74 Å². The summed E-state index contributed by atoms with van der Waals surface area (Å²) >= 11 is 7.59. The molecule has 0 radical (unpaired) electrons. The fourth-order valence-electron chi connectivity index (χ4n) is 3.94. The number of esters is 1. The first-order valence-electron chi connectivity index (χ1n) is 11.6. The Balaban J connectivity index is 1.55. The molecule has 0 saturated carbocycles. The van der Waals surface area contributed by atoms with Gasteiger partial charge in [0.1, 0.15) is 5.03 Å². The zero-order valence-electron chi connectivity index (χ0n) is 20.5. The molecule has 0 aliphatic carbocycles. The quantitative estimate of drug-likeness (QED) is 0.205. The molecule has 5 rings (SSSR count). The van der Waals surface area contributed by atoms with Crippen LogP contribution in [0.3, 0.4) is 0 Å². The number of ether oxygens (including phenoxy) is 1. The average molecular weight is 513 g/mol. The first kappa shape index (κ1) is 24.3. The summed E-state index contributed by atoms with van der Waals surface area (Å²) in [6.45, 7) is 8.53. The standard InChI is InChI=1S/C30H25ClN2O2S/c1-18-6-5-7-20-16-21(28(33-26(18)20)36-24-14-12-23(31)13-15-24)17-25-29(34)35-27(32-25)19-8-10-22(11-9-19)30(2,3)4/h5-17H,1-4H3. The van der Waals surface area contributed by atoms with Crippen molar-refractivity contribution in [2.24, 2.45) is 4.99 Å². The third-order valence-electron chi connectivity index (χ3n) is 5.98. The summed E-state index contributed by atoms with van der Waals surface area (Å²) in [6, 6.07) is 23.7. The number of aliphatic imine (C=N–C) groups is 1. The van der Waals surface area contributed by atoms with Gasteiger partial charge in [-0.2, -0.15) is 0 Å². The highest BCUT2D eigenvalue weighted by atomic mass is 35.5. The number of para-hydroxylation sites is 1. The third kappa shape index (κ3) is 5.08. The van der Waals surface area contributed by atoms with Crippen LogP contribution in [0.2, 0.25) is 5.02 Å². The Hall–Kier alpha value is -3.41. The first-order valence-corrected chi connectivity index (χ1v) is 12.8. The molecule has 0 N–H and O–H groups in total. The van der Waals surface area contributed by atoms with Gasteiger partial charge in [-0.05, 0) is 72.0 Å². The van der Waals surface area contributed by atoms with Gasteiger partial charge in [0.15, 0.2) is 5.70 Å². The smallest absolute Gasteiger partial charge is 0.363 e. The van der Waals surface area contributed by atoms with Gasteiger partial charge in [-0.15, -0.1) is 0 Å². The van der Waals surface area contributed by atoms with Crippen molar-refractivity contribution in [2.45, 2.75) is 43.0 Å². The van der Waals surface area contributed by atoms with Crippen molar-refractivity contribution in [1.82, 2.24) is 4.98 Å². The Labute approximate surface area is 220 Å². The molecular weight excluding hydrogens is 488 g/mol. The lowest BCUT2D eigenvalue weighted by Crippen LogP contribution is -2.11. The second kappa shape index (κ2) is 9.57. The van der Waals surface area contributed by atoms with Crippen LogP contribution in [0, 0.1) is 6.92 Å². The minimum Gasteiger partial charge on any atom is -0.402 e. The van der Waals surface area contributed by atoms with Crippen LogP contribution in [-0.4, -0.2) is 16.9 Å². The van der Waals surface area contributed by atoms with Crippen LogP contribution in [0.4, 0.5) is 0 Å². The Morgan fingerprint density at radius 1 is 0.972 bits per heavy atom. The predicted molar refractivity (Wildman–Crippen MR) is 148 cm³/mol. The molecule has 0 fully saturated rings. The number of aromatic nitrogens is 1. The van der Waals surface area contributed by atoms with Gasteiger partial charge in [-0.25, -0.2) is 14.8 Å². The molecule has 1 aliphatic rings. The van der Waals surface area contributed by atoms with Gasteiger partial charge in [0.25, 0.3) is 0 Å². The van der Waals surface area contributed by atoms with Gasteiger partial charge in [-0.1, -0.05) is 74.5 Å². The normalized spacial score (nSPS) is 14.9. The van der Waals surface area contributed by atoms with E-state index in [1.807, 2.05) is 79.7 Å². The van der Waals surface area contributed by atoms with E-state index < -0.39 is 5.97 Å². The minimum absolute atomic E-state index is 0.0390. The van der Waals surface area contributed by atoms with Gasteiger partial charge >= 0.3 is 5.97 Å². The topological polar surface area (TPSA) is 51.5 Å². The van der Waals surface area contributed by atoms with Crippen LogP contribution in [-0.2, 0) is 14.9 Å². The van der Waals surface area contributed by atoms with Crippen molar-refractivity contribution in [1.29, 1.82) is 0 Å². The molecule has 0 unspecified atom stereocenters. The lowest BCUT2D eigenvalue weighted by Gasteiger charge is -2.18. The SMILES string of the molecule is Cc1cccc2cc(C=C3N=C(c4ccc(C(C)(C)C)cc4)OC3=O)c(Sc3ccc(Cl)cc3)nc12. The van der Waals surface area contributed by atoms with E-state index in [0.29, 0.717) is 10.9 Å². The molecule has 1 aliphatic heterocycles. The minimum atomic E-state index is -0.475. The number of nitrogens with zero attached hydrogens (tertiary/aromatic N) is 2. The molecular formula is C30H25ClN2O2S. The number of hydrogen-bond acceptors (Lipinski definition) is 5. The highest BCUT2D eigenvalue weighted by molar-refractivity contribution is 7.99. The predicted octanol–water partition coefficient (Wildman–Crippen LogP) is 7.99. The maximum atomic E-state index is 12.8. The van der Waals surface area contributed by atoms with Crippen LogP contribution < -0.4 is 0 Å². The number of halogens is 1. The molecule has 180 valence electrons. The Bertz CT molecular complexity index is 1530. The maximum Gasteiger partial charge on any atom is 0.363 e. The molecule has 1 aromatic heterocycles. The van der Waals surface area contributed by atoms with Gasteiger partial charge in [0.05, 0.1) is 5.52 Å². The van der Waals surface area contributed by atoms with E-state index in [4.69, 9.17) is 21.3 Å². The molecule has 4 nitrogen and oxygen atoms in total. The summed E-state index contributed by atoms with van der Waals surface area (Å²) in [4.78, 5) is 23.3. The summed E-state index contributed by atoms with van der Waals surface area (Å²) in [5.41, 5.74) is 5.06. The Morgan fingerprint density at radius 2 is 1.69 bits per heavy atom. The number of rotatable bonds is 4. The van der Waals surface area contributed by atoms with E-state index in [2.05, 4.69) is 25.8 Å². The molecule has 2 heterocycles. The number of hydrogen-bond donors (Lipinski definition) is 0. The number of carbonyl (C=O) groups excluding carboxylic acids is 1. The van der Waals surface area contributed by atoms with E-state index in [1.54, 1.807) is 6.08 Å². The van der Waals surface area contributed by atoms with Crippen molar-refractivity contribution < 1.29 is 9.53 Å². The van der Waals surface area contributed by atoms with Crippen molar-refractivity contribution in [3.63, 3.8) is 0 Å². The highest BCUT2D eigenvalue weighted by Gasteiger charge is 2.25. The maximum absolute atomic E-state index is 12.8. The second-order valence-electron chi connectivity index (χ2n) is 9.75. The largest absolute Gasteiger partial charge is 0.402 e. The van der Waals surface area contributed by atoms with Crippen LogP contribution in [0.15, 0.2) is 93.4 Å². The number of pyridine rings is 1. The second-order valence-corrected chi connectivity index (χ2v) is 11.2. The molecule has 0 bridgehead atoms. The zero-order chi connectivity index (χ0) is 25.4. The first-order chi connectivity index (χ1) is 17.2. The number of cyclic esters (lactones) is 1. The van der Waals surface area contributed by atoms with Gasteiger partial charge in [-0.3, -0.25) is 0 Å². The number of carbonyl (C=O) groups is 1. The molecule has 4 aromatic rings. The molecule has 0 saturated heterocycles. The van der Waals surface area contributed by atoms with Crippen molar-refractivity contribution in [2.75, 3.05) is 0 Å². The fourth-order valence-corrected chi connectivity index (χ4v) is 4.93. The van der Waals surface area contributed by atoms with Gasteiger partial charge in [0.2, 0.25) is 5.90 Å². The van der Waals surface area contributed by atoms with Crippen LogP contribution >= 0.6 is 23.4 Å². The van der Waals surface area contributed by atoms with Gasteiger partial charge in [0, 0.05) is 26.4 Å². The number of fused-ring (bicyclic) bond motifs is 1. The lowest BCUT2D eigenvalue weighted by molar-refractivity contribution is -0.129. The van der Waals surface area contributed by atoms with E-state index in [9.17, 15) is 4.79 Å². The monoisotopic (exact) mass is 512 g/mol. The molecule has 0 amide bonds. The Kier molecular flexibility index (Phi) is 6.45. The lowest BCUT2D eigenvalue weighted by atomic mass is 9.87. The van der Waals surface area contributed by atoms with E-state index in [1.165, 1.54) is 17.3 Å². The number of aryl methyl sites for hydroxylation is 1. The van der Waals surface area contributed by atoms with Crippen molar-refractivity contribution in [3.8, 4) is 0 Å². The summed E-state index contributed by atoms with van der Waals surface area (Å²) in [5, 5.41) is 2.45. The van der Waals surface area contributed by atoms with E-state index in [0.717, 1.165) is 37.5 Å². The van der Waals surface area contributed by atoms with Crippen LogP contribution in [0.5, 0.6) is 0 Å². The molecule has 3 aromatic carbocycles. The Morgan fingerprint density at radius 3 is 2.39 bits per heavy atom. The van der Waals surface area contributed by atoms with E-state index in [-0.39, 0.29) is 11.1 Å². The van der Waals surface area contributed by atoms with Crippen LogP contribution in [0.1, 0.15) is 43.0 Å². The summed E-state index contributed by atoms with van der Waals surface area (Å²) in [5.74, 6) is -0.167. The summed E-state index contributed by atoms with van der Waals surface area (Å²) in [7, 11) is 0. The highest BCUT2D eigenvalue weighted by Crippen LogP contribution is 2.34. The van der Waals surface area contributed by atoms with Crippen molar-refractivity contribution >= 4 is 52.2 Å². The average Bonchev–Trinajstić information content (AvgIpc) is 3.21. The summed E-state index contributed by atoms with van der Waals surface area (Å²) < 4.78 is 5.54. The van der Waals surface area contributed by atoms with Crippen LogP contribution in [0.25, 0.3) is 17.0 Å². The molecule has 36 heavy (non-hydrogen) atoms. The zero-order valence-corrected chi connectivity index (χ0v) is 22.1. The molecule has 6 heteroatoms. The fraction of sp³-hybridized carbons (Fsp3) is 0.167. The third-order valence-corrected chi connectivity index (χ3v) is 7.26. The molecule has 0 atom stereocenters. The van der Waals surface area contributed by atoms with E-state index >= 15 is 0 Å². The molecule has 0 spiro atoms.